The fraction of sp³-hybridized carbons (Fsp3) is 0.300. The van der Waals surface area contributed by atoms with Crippen LogP contribution in [0.2, 0.25) is 0 Å². The van der Waals surface area contributed by atoms with Gasteiger partial charge in [0.1, 0.15) is 5.88 Å². The van der Waals surface area contributed by atoms with Crippen molar-refractivity contribution < 1.29 is 18.0 Å². The third-order valence-electron chi connectivity index (χ3n) is 1.95. The molecule has 2 nitrogen and oxygen atoms in total. The average molecular weight is 252 g/mol. The highest BCUT2D eigenvalue weighted by Gasteiger charge is 2.32. The van der Waals surface area contributed by atoms with E-state index in [2.05, 4.69) is 5.32 Å². The zero-order chi connectivity index (χ0) is 12.3. The van der Waals surface area contributed by atoms with Crippen molar-refractivity contribution in [2.75, 3.05) is 11.2 Å². The van der Waals surface area contributed by atoms with Crippen LogP contribution >= 0.6 is 11.6 Å². The number of hydrogen-bond donors (Lipinski definition) is 1. The van der Waals surface area contributed by atoms with Gasteiger partial charge in [-0.3, -0.25) is 4.79 Å². The molecule has 0 aliphatic carbocycles. The third kappa shape index (κ3) is 3.13. The molecule has 1 amide bonds. The molecule has 1 rings (SSSR count). The van der Waals surface area contributed by atoms with E-state index in [-0.39, 0.29) is 17.1 Å². The lowest BCUT2D eigenvalue weighted by Gasteiger charge is -2.12. The summed E-state index contributed by atoms with van der Waals surface area (Å²) in [5.41, 5.74) is -0.570. The number of benzene rings is 1. The first-order valence-corrected chi connectivity index (χ1v) is 4.91. The second kappa shape index (κ2) is 4.74. The molecule has 88 valence electrons. The molecule has 1 aromatic carbocycles. The lowest BCUT2D eigenvalue weighted by Crippen LogP contribution is -2.14. The Morgan fingerprint density at radius 1 is 1.44 bits per heavy atom. The van der Waals surface area contributed by atoms with Crippen LogP contribution in [0, 0.1) is 6.92 Å². The second-order valence-corrected chi connectivity index (χ2v) is 3.48. The molecule has 0 radical (unpaired) electrons. The van der Waals surface area contributed by atoms with Gasteiger partial charge in [-0.15, -0.1) is 11.6 Å². The number of rotatable bonds is 2. The Kier molecular flexibility index (Phi) is 3.80. The summed E-state index contributed by atoms with van der Waals surface area (Å²) in [5.74, 6) is -0.839. The topological polar surface area (TPSA) is 29.1 Å². The molecule has 0 aliphatic heterocycles. The van der Waals surface area contributed by atoms with Gasteiger partial charge < -0.3 is 5.32 Å². The van der Waals surface area contributed by atoms with E-state index < -0.39 is 17.6 Å². The summed E-state index contributed by atoms with van der Waals surface area (Å²) in [7, 11) is 0. The van der Waals surface area contributed by atoms with E-state index in [4.69, 9.17) is 11.6 Å². The number of anilines is 1. The minimum absolute atomic E-state index is 0.0866. The van der Waals surface area contributed by atoms with Crippen molar-refractivity contribution in [1.82, 2.24) is 0 Å². The standard InChI is InChI=1S/C10H9ClF3NO/c1-6-2-3-7(15-9(16)5-11)4-8(6)10(12,13)14/h2-4H,5H2,1H3,(H,15,16). The van der Waals surface area contributed by atoms with Crippen LogP contribution in [-0.2, 0) is 11.0 Å². The molecule has 0 spiro atoms. The van der Waals surface area contributed by atoms with Gasteiger partial charge in [-0.2, -0.15) is 13.2 Å². The fourth-order valence-corrected chi connectivity index (χ4v) is 1.27. The van der Waals surface area contributed by atoms with Gasteiger partial charge in [0, 0.05) is 5.69 Å². The van der Waals surface area contributed by atoms with Crippen molar-refractivity contribution in [3.05, 3.63) is 29.3 Å². The van der Waals surface area contributed by atoms with Gasteiger partial charge in [-0.1, -0.05) is 6.07 Å². The van der Waals surface area contributed by atoms with Gasteiger partial charge in [0.05, 0.1) is 5.56 Å². The highest BCUT2D eigenvalue weighted by Crippen LogP contribution is 2.33. The molecule has 0 saturated heterocycles. The van der Waals surface area contributed by atoms with Crippen LogP contribution in [0.25, 0.3) is 0 Å². The maximum Gasteiger partial charge on any atom is 0.416 e. The SMILES string of the molecule is Cc1ccc(NC(=O)CCl)cc1C(F)(F)F. The molecule has 0 saturated carbocycles. The van der Waals surface area contributed by atoms with Gasteiger partial charge in [-0.25, -0.2) is 0 Å². The van der Waals surface area contributed by atoms with Gasteiger partial charge in [0.25, 0.3) is 0 Å². The van der Waals surface area contributed by atoms with Gasteiger partial charge in [0.15, 0.2) is 0 Å². The molecule has 16 heavy (non-hydrogen) atoms. The van der Waals surface area contributed by atoms with Crippen LogP contribution in [0.5, 0.6) is 0 Å². The first-order valence-electron chi connectivity index (χ1n) is 4.38. The minimum Gasteiger partial charge on any atom is -0.325 e. The molecule has 0 heterocycles. The smallest absolute Gasteiger partial charge is 0.325 e. The number of alkyl halides is 4. The predicted molar refractivity (Wildman–Crippen MR) is 55.5 cm³/mol. The van der Waals surface area contributed by atoms with Crippen LogP contribution in [0.3, 0.4) is 0 Å². The quantitative estimate of drug-likeness (QED) is 0.804. The highest BCUT2D eigenvalue weighted by atomic mass is 35.5. The fourth-order valence-electron chi connectivity index (χ4n) is 1.20. The number of aryl methyl sites for hydroxylation is 1. The monoisotopic (exact) mass is 251 g/mol. The molecule has 0 unspecified atom stereocenters. The lowest BCUT2D eigenvalue weighted by molar-refractivity contribution is -0.138. The van der Waals surface area contributed by atoms with Crippen LogP contribution in [0.15, 0.2) is 18.2 Å². The Morgan fingerprint density at radius 2 is 2.06 bits per heavy atom. The maximum atomic E-state index is 12.5. The second-order valence-electron chi connectivity index (χ2n) is 3.21. The Balaban J connectivity index is 3.03. The molecule has 6 heteroatoms. The van der Waals surface area contributed by atoms with E-state index in [1.165, 1.54) is 19.1 Å². The Morgan fingerprint density at radius 3 is 2.56 bits per heavy atom. The Labute approximate surface area is 95.4 Å². The minimum atomic E-state index is -4.42. The Bertz CT molecular complexity index is 404. The van der Waals surface area contributed by atoms with Crippen molar-refractivity contribution in [3.8, 4) is 0 Å². The summed E-state index contributed by atoms with van der Waals surface area (Å²) in [6.45, 7) is 1.36. The summed E-state index contributed by atoms with van der Waals surface area (Å²) < 4.78 is 37.5. The number of halogens is 4. The molecular weight excluding hydrogens is 243 g/mol. The van der Waals surface area contributed by atoms with Crippen molar-refractivity contribution in [2.45, 2.75) is 13.1 Å². The first kappa shape index (κ1) is 12.8. The summed E-state index contributed by atoms with van der Waals surface area (Å²) in [6.07, 6.45) is -4.42. The van der Waals surface area contributed by atoms with Crippen molar-refractivity contribution in [1.29, 1.82) is 0 Å². The van der Waals surface area contributed by atoms with Crippen molar-refractivity contribution >= 4 is 23.2 Å². The summed E-state index contributed by atoms with van der Waals surface area (Å²) >= 11 is 5.23. The van der Waals surface area contributed by atoms with Crippen LogP contribution in [0.1, 0.15) is 11.1 Å². The molecule has 0 bridgehead atoms. The third-order valence-corrected chi connectivity index (χ3v) is 2.19. The normalized spacial score (nSPS) is 11.3. The maximum absolute atomic E-state index is 12.5. The average Bonchev–Trinajstić information content (AvgIpc) is 2.19. The summed E-state index contributed by atoms with van der Waals surface area (Å²) in [4.78, 5) is 10.9. The lowest BCUT2D eigenvalue weighted by atomic mass is 10.1. The number of hydrogen-bond acceptors (Lipinski definition) is 1. The zero-order valence-electron chi connectivity index (χ0n) is 8.36. The molecule has 1 N–H and O–H groups in total. The molecule has 0 aromatic heterocycles. The zero-order valence-corrected chi connectivity index (χ0v) is 9.12. The van der Waals surface area contributed by atoms with Crippen molar-refractivity contribution in [2.24, 2.45) is 0 Å². The summed E-state index contributed by atoms with van der Waals surface area (Å²) in [6, 6.07) is 3.58. The largest absolute Gasteiger partial charge is 0.416 e. The molecular formula is C10H9ClF3NO. The number of carbonyl (C=O) groups is 1. The first-order chi connectivity index (χ1) is 7.34. The van der Waals surface area contributed by atoms with Gasteiger partial charge in [0.2, 0.25) is 5.91 Å². The molecule has 0 aliphatic rings. The number of carbonyl (C=O) groups excluding carboxylic acids is 1. The highest BCUT2D eigenvalue weighted by molar-refractivity contribution is 6.29. The van der Waals surface area contributed by atoms with E-state index in [1.54, 1.807) is 0 Å². The van der Waals surface area contributed by atoms with E-state index in [9.17, 15) is 18.0 Å². The van der Waals surface area contributed by atoms with E-state index in [0.717, 1.165) is 6.07 Å². The molecule has 0 fully saturated rings. The Hall–Kier alpha value is -1.23. The van der Waals surface area contributed by atoms with Crippen LogP contribution in [-0.4, -0.2) is 11.8 Å². The molecule has 0 atom stereocenters. The van der Waals surface area contributed by atoms with Crippen LogP contribution < -0.4 is 5.32 Å². The predicted octanol–water partition coefficient (Wildman–Crippen LogP) is 3.19. The van der Waals surface area contributed by atoms with E-state index >= 15 is 0 Å². The summed E-state index contributed by atoms with van der Waals surface area (Å²) in [5, 5.41) is 2.26. The van der Waals surface area contributed by atoms with E-state index in [1.807, 2.05) is 0 Å². The number of nitrogens with one attached hydrogen (secondary N) is 1. The van der Waals surface area contributed by atoms with Gasteiger partial charge in [-0.05, 0) is 24.6 Å². The van der Waals surface area contributed by atoms with E-state index in [0.29, 0.717) is 0 Å². The van der Waals surface area contributed by atoms with Gasteiger partial charge >= 0.3 is 6.18 Å². The molecule has 1 aromatic rings. The number of amides is 1. The van der Waals surface area contributed by atoms with Crippen LogP contribution in [0.4, 0.5) is 18.9 Å². The van der Waals surface area contributed by atoms with Crippen molar-refractivity contribution in [3.63, 3.8) is 0 Å².